The first-order chi connectivity index (χ1) is 19.3. The highest BCUT2D eigenvalue weighted by Gasteiger charge is 2.55. The van der Waals surface area contributed by atoms with Crippen molar-refractivity contribution < 1.29 is 8.95 Å². The van der Waals surface area contributed by atoms with E-state index in [0.29, 0.717) is 24.3 Å². The number of anilines is 4. The van der Waals surface area contributed by atoms with Crippen LogP contribution in [-0.4, -0.2) is 75.0 Å². The Morgan fingerprint density at radius 3 is 2.66 bits per heavy atom. The molecule has 41 heavy (non-hydrogen) atoms. The van der Waals surface area contributed by atoms with Gasteiger partial charge in [-0.2, -0.15) is 9.35 Å². The quantitative estimate of drug-likeness (QED) is 0.415. The lowest BCUT2D eigenvalue weighted by Crippen LogP contribution is -2.54. The van der Waals surface area contributed by atoms with Crippen LogP contribution in [-0.2, 0) is 19.9 Å². The fourth-order valence-electron chi connectivity index (χ4n) is 6.61. The fraction of sp³-hybridized carbons (Fsp3) is 0.516. The molecule has 1 N–H and O–H groups in total. The van der Waals surface area contributed by atoms with Gasteiger partial charge in [-0.3, -0.25) is 0 Å². The minimum Gasteiger partial charge on any atom is -0.374 e. The monoisotopic (exact) mass is 575 g/mol. The number of aromatic nitrogens is 3. The summed E-state index contributed by atoms with van der Waals surface area (Å²) in [5, 5.41) is 3.46. The van der Waals surface area contributed by atoms with Crippen LogP contribution in [0.25, 0.3) is 0 Å². The molecule has 6 rings (SSSR count). The van der Waals surface area contributed by atoms with Gasteiger partial charge in [0.1, 0.15) is 11.6 Å². The van der Waals surface area contributed by atoms with Crippen molar-refractivity contribution in [3.63, 3.8) is 0 Å². The number of benzene rings is 1. The molecule has 0 bridgehead atoms. The molecule has 0 aliphatic carbocycles. The number of likely N-dealkylation sites (N-methyl/N-ethyl adjacent to an activating group) is 1. The number of likely N-dealkylation sites (tertiary alicyclic amines) is 1. The molecule has 9 nitrogen and oxygen atoms in total. The zero-order valence-electron chi connectivity index (χ0n) is 25.1. The lowest BCUT2D eigenvalue weighted by atomic mass is 9.73. The van der Waals surface area contributed by atoms with Crippen molar-refractivity contribution in [1.82, 2.24) is 19.9 Å². The predicted octanol–water partition coefficient (Wildman–Crippen LogP) is 5.68. The van der Waals surface area contributed by atoms with Crippen LogP contribution in [0, 0.1) is 6.92 Å². The van der Waals surface area contributed by atoms with Gasteiger partial charge in [0, 0.05) is 51.6 Å². The van der Waals surface area contributed by atoms with Gasteiger partial charge in [0.2, 0.25) is 5.95 Å². The van der Waals surface area contributed by atoms with Gasteiger partial charge in [0.15, 0.2) is 5.82 Å². The lowest BCUT2D eigenvalue weighted by molar-refractivity contribution is -0.0893. The van der Waals surface area contributed by atoms with Gasteiger partial charge in [-0.15, -0.1) is 0 Å². The van der Waals surface area contributed by atoms with Crippen molar-refractivity contribution in [3.8, 4) is 0 Å². The van der Waals surface area contributed by atoms with Crippen molar-refractivity contribution in [2.45, 2.75) is 63.5 Å². The first-order valence-electron chi connectivity index (χ1n) is 14.3. The van der Waals surface area contributed by atoms with Crippen molar-refractivity contribution in [1.29, 1.82) is 0 Å². The summed E-state index contributed by atoms with van der Waals surface area (Å²) in [5.41, 5.74) is 4.10. The number of pyridine rings is 1. The van der Waals surface area contributed by atoms with Gasteiger partial charge in [-0.05, 0) is 88.5 Å². The molecule has 2 aromatic heterocycles. The van der Waals surface area contributed by atoms with Crippen LogP contribution in [0.5, 0.6) is 0 Å². The molecule has 1 aromatic carbocycles. The van der Waals surface area contributed by atoms with E-state index < -0.39 is 9.73 Å². The molecular weight excluding hydrogens is 534 g/mol. The predicted molar refractivity (Wildman–Crippen MR) is 166 cm³/mol. The van der Waals surface area contributed by atoms with E-state index in [2.05, 4.69) is 72.4 Å². The Kier molecular flexibility index (Phi) is 6.86. The molecule has 10 heteroatoms. The maximum atomic E-state index is 12.4. The second-order valence-electron chi connectivity index (χ2n) is 13.1. The number of nitrogens with zero attached hydrogens (tertiary/aromatic N) is 6. The second kappa shape index (κ2) is 10.0. The molecule has 0 amide bonds. The molecular formula is C31H41N7O2S. The Hall–Kier alpha value is -3.08. The zero-order valence-corrected chi connectivity index (χ0v) is 26.0. The highest BCUT2D eigenvalue weighted by atomic mass is 32.2. The smallest absolute Gasteiger partial charge is 0.229 e. The minimum atomic E-state index is -2.35. The van der Waals surface area contributed by atoms with Gasteiger partial charge in [0.25, 0.3) is 0 Å². The third kappa shape index (κ3) is 5.45. The molecule has 3 aliphatic rings. The highest BCUT2D eigenvalue weighted by molar-refractivity contribution is 7.92. The second-order valence-corrected chi connectivity index (χ2v) is 15.6. The Labute approximate surface area is 243 Å². The summed E-state index contributed by atoms with van der Waals surface area (Å²) in [4.78, 5) is 19.3. The molecule has 0 unspecified atom stereocenters. The van der Waals surface area contributed by atoms with E-state index in [1.807, 2.05) is 18.3 Å². The topological polar surface area (TPSA) is 95.8 Å². The SMILES string of the molecule is Cc1cc(Nc2ncc3c(n2)N(c2cccc(N=S(C)(C)=O)n2)[C@H]2CC(C)(C)OC[C@@]32C)ccc1[C@@H]1CCN(C)C1. The van der Waals surface area contributed by atoms with Crippen molar-refractivity contribution in [2.75, 3.05) is 49.5 Å². The molecule has 3 atom stereocenters. The Bertz CT molecular complexity index is 1610. The molecule has 0 saturated carbocycles. The molecule has 3 aliphatic heterocycles. The average molecular weight is 576 g/mol. The summed E-state index contributed by atoms with van der Waals surface area (Å²) in [5.74, 6) is 3.12. The summed E-state index contributed by atoms with van der Waals surface area (Å²) in [6, 6.07) is 12.3. The molecule has 2 fully saturated rings. The zero-order chi connectivity index (χ0) is 29.2. The van der Waals surface area contributed by atoms with Crippen LogP contribution in [0.3, 0.4) is 0 Å². The number of nitrogens with one attached hydrogen (secondary N) is 1. The molecule has 5 heterocycles. The Morgan fingerprint density at radius 2 is 1.95 bits per heavy atom. The summed E-state index contributed by atoms with van der Waals surface area (Å²) in [6.45, 7) is 11.5. The number of rotatable bonds is 5. The number of hydrogen-bond donors (Lipinski definition) is 1. The molecule has 218 valence electrons. The molecule has 2 saturated heterocycles. The van der Waals surface area contributed by atoms with Gasteiger partial charge in [0.05, 0.1) is 18.2 Å². The first-order valence-corrected chi connectivity index (χ1v) is 16.7. The van der Waals surface area contributed by atoms with Gasteiger partial charge >= 0.3 is 0 Å². The van der Waals surface area contributed by atoms with Crippen molar-refractivity contribution in [2.24, 2.45) is 4.36 Å². The van der Waals surface area contributed by atoms with E-state index >= 15 is 0 Å². The van der Waals surface area contributed by atoms with Gasteiger partial charge in [-0.25, -0.2) is 14.2 Å². The van der Waals surface area contributed by atoms with Gasteiger partial charge < -0.3 is 19.9 Å². The molecule has 0 radical (unpaired) electrons. The van der Waals surface area contributed by atoms with Crippen LogP contribution in [0.2, 0.25) is 0 Å². The van der Waals surface area contributed by atoms with Crippen LogP contribution in [0.1, 0.15) is 56.2 Å². The lowest BCUT2D eigenvalue weighted by Gasteiger charge is -2.46. The molecule has 0 spiro atoms. The third-order valence-corrected chi connectivity index (χ3v) is 9.37. The normalized spacial score (nSPS) is 25.6. The average Bonchev–Trinajstić information content (AvgIpc) is 3.41. The van der Waals surface area contributed by atoms with E-state index in [1.165, 1.54) is 17.5 Å². The number of ether oxygens (including phenoxy) is 1. The summed E-state index contributed by atoms with van der Waals surface area (Å²) in [7, 11) is -0.162. The largest absolute Gasteiger partial charge is 0.374 e. The minimum absolute atomic E-state index is 0.0622. The van der Waals surface area contributed by atoms with Crippen molar-refractivity contribution >= 4 is 38.8 Å². The summed E-state index contributed by atoms with van der Waals surface area (Å²) < 4.78 is 23.1. The maximum Gasteiger partial charge on any atom is 0.229 e. The Balaban J connectivity index is 1.38. The molecule has 3 aromatic rings. The van der Waals surface area contributed by atoms with E-state index in [9.17, 15) is 4.21 Å². The summed E-state index contributed by atoms with van der Waals surface area (Å²) in [6.07, 6.45) is 7.17. The van der Waals surface area contributed by atoms with Gasteiger partial charge in [-0.1, -0.05) is 19.1 Å². The number of hydrogen-bond acceptors (Lipinski definition) is 9. The summed E-state index contributed by atoms with van der Waals surface area (Å²) >= 11 is 0. The number of aryl methyl sites for hydroxylation is 1. The number of fused-ring (bicyclic) bond motifs is 3. The third-order valence-electron chi connectivity index (χ3n) is 8.74. The van der Waals surface area contributed by atoms with Crippen LogP contribution in [0.15, 0.2) is 47.0 Å². The van der Waals surface area contributed by atoms with Crippen LogP contribution in [0.4, 0.5) is 29.1 Å². The Morgan fingerprint density at radius 1 is 1.15 bits per heavy atom. The van der Waals surface area contributed by atoms with E-state index in [1.54, 1.807) is 18.6 Å². The van der Waals surface area contributed by atoms with Crippen molar-refractivity contribution in [3.05, 3.63) is 59.3 Å². The fourth-order valence-corrected chi connectivity index (χ4v) is 7.16. The van der Waals surface area contributed by atoms with E-state index in [4.69, 9.17) is 19.7 Å². The maximum absolute atomic E-state index is 12.4. The van der Waals surface area contributed by atoms with Crippen LogP contribution < -0.4 is 10.2 Å². The van der Waals surface area contributed by atoms with Crippen LogP contribution >= 0.6 is 0 Å². The standard InChI is InChI=1S/C31H41N7O2S/c1-20-15-22(11-12-23(20)21-13-14-37(5)18-21)33-29-32-17-24-28(35-29)38(25-16-30(2,3)40-19-31(24,25)4)27-10-8-9-26(34-27)36-41(6,7)39/h8-12,15,17,21,25H,13-14,16,18-19H2,1-7H3,(H,32,33,35)/t21-,25+,31+/m1/s1. The van der Waals surface area contributed by atoms with E-state index in [-0.39, 0.29) is 17.1 Å². The first kappa shape index (κ1) is 28.1. The highest BCUT2D eigenvalue weighted by Crippen LogP contribution is 2.53. The van der Waals surface area contributed by atoms with E-state index in [0.717, 1.165) is 42.4 Å².